The predicted octanol–water partition coefficient (Wildman–Crippen LogP) is 2.81. The maximum absolute atomic E-state index is 12.1. The number of aliphatic carboxylic acids is 1. The molecule has 0 aliphatic rings. The van der Waals surface area contributed by atoms with E-state index >= 15 is 0 Å². The molecule has 0 aliphatic heterocycles. The summed E-state index contributed by atoms with van der Waals surface area (Å²) in [6.07, 6.45) is 3.11. The fourth-order valence-corrected chi connectivity index (χ4v) is 3.58. The van der Waals surface area contributed by atoms with Crippen LogP contribution in [0.15, 0.2) is 54.9 Å². The molecule has 2 aromatic carbocycles. The summed E-state index contributed by atoms with van der Waals surface area (Å²) in [5.41, 5.74) is 8.44. The van der Waals surface area contributed by atoms with E-state index in [0.29, 0.717) is 28.4 Å². The third-order valence-corrected chi connectivity index (χ3v) is 4.88. The largest absolute Gasteiger partial charge is 0.497 e. The van der Waals surface area contributed by atoms with Gasteiger partial charge in [-0.15, -0.1) is 0 Å². The number of amides is 1. The molecule has 0 unspecified atom stereocenters. The zero-order chi connectivity index (χ0) is 21.3. The molecule has 0 aliphatic carbocycles. The molecule has 0 saturated carbocycles. The van der Waals surface area contributed by atoms with Gasteiger partial charge < -0.3 is 24.9 Å². The minimum Gasteiger partial charge on any atom is -0.497 e. The van der Waals surface area contributed by atoms with Gasteiger partial charge in [-0.2, -0.15) is 0 Å². The van der Waals surface area contributed by atoms with Crippen molar-refractivity contribution in [3.8, 4) is 11.5 Å². The van der Waals surface area contributed by atoms with Crippen molar-refractivity contribution in [1.29, 1.82) is 0 Å². The second kappa shape index (κ2) is 7.75. The lowest BCUT2D eigenvalue weighted by molar-refractivity contribution is -0.139. The van der Waals surface area contributed by atoms with E-state index in [-0.39, 0.29) is 5.75 Å². The van der Waals surface area contributed by atoms with Crippen LogP contribution in [0.1, 0.15) is 15.9 Å². The number of ether oxygens (including phenoxy) is 2. The summed E-state index contributed by atoms with van der Waals surface area (Å²) in [4.78, 5) is 27.3. The molecule has 0 atom stereocenters. The van der Waals surface area contributed by atoms with E-state index in [1.807, 2.05) is 34.9 Å². The highest BCUT2D eigenvalue weighted by atomic mass is 16.5. The number of primary amides is 1. The predicted molar refractivity (Wildman–Crippen MR) is 111 cm³/mol. The summed E-state index contributed by atoms with van der Waals surface area (Å²) in [6.45, 7) is -0.0268. The van der Waals surface area contributed by atoms with E-state index < -0.39 is 18.5 Å². The summed E-state index contributed by atoms with van der Waals surface area (Å²) >= 11 is 0. The van der Waals surface area contributed by atoms with E-state index in [1.165, 1.54) is 6.20 Å². The van der Waals surface area contributed by atoms with E-state index in [2.05, 4.69) is 4.98 Å². The Bertz CT molecular complexity index is 1260. The fraction of sp³-hybridized carbons (Fsp3) is 0.136. The summed E-state index contributed by atoms with van der Waals surface area (Å²) in [5, 5.41) is 10.2. The van der Waals surface area contributed by atoms with Crippen LogP contribution in [0.4, 0.5) is 0 Å². The minimum atomic E-state index is -1.11. The van der Waals surface area contributed by atoms with Crippen LogP contribution in [0.25, 0.3) is 21.8 Å². The Kier molecular flexibility index (Phi) is 4.97. The van der Waals surface area contributed by atoms with Crippen LogP contribution in [0, 0.1) is 0 Å². The molecule has 4 rings (SSSR count). The number of nitrogens with zero attached hydrogens (tertiary/aromatic N) is 2. The highest BCUT2D eigenvalue weighted by molar-refractivity contribution is 6.19. The Hall–Kier alpha value is -4.07. The van der Waals surface area contributed by atoms with Crippen molar-refractivity contribution in [3.63, 3.8) is 0 Å². The molecular formula is C22H19N3O5. The average Bonchev–Trinajstić information content (AvgIpc) is 3.07. The van der Waals surface area contributed by atoms with Gasteiger partial charge in [0.05, 0.1) is 35.9 Å². The number of hydrogen-bond acceptors (Lipinski definition) is 5. The van der Waals surface area contributed by atoms with Gasteiger partial charge >= 0.3 is 5.97 Å². The number of pyridine rings is 1. The van der Waals surface area contributed by atoms with Gasteiger partial charge in [0.2, 0.25) is 5.91 Å². The average molecular weight is 405 g/mol. The van der Waals surface area contributed by atoms with Crippen LogP contribution in [0.2, 0.25) is 0 Å². The van der Waals surface area contributed by atoms with Crippen molar-refractivity contribution in [2.45, 2.75) is 6.54 Å². The van der Waals surface area contributed by atoms with Crippen LogP contribution in [-0.4, -0.2) is 40.3 Å². The molecule has 2 aromatic heterocycles. The van der Waals surface area contributed by atoms with E-state index in [9.17, 15) is 9.59 Å². The second-order valence-electron chi connectivity index (χ2n) is 6.71. The Labute approximate surface area is 171 Å². The van der Waals surface area contributed by atoms with E-state index in [1.54, 1.807) is 25.4 Å². The van der Waals surface area contributed by atoms with E-state index in [0.717, 1.165) is 16.8 Å². The zero-order valence-corrected chi connectivity index (χ0v) is 16.2. The maximum Gasteiger partial charge on any atom is 0.341 e. The van der Waals surface area contributed by atoms with Gasteiger partial charge in [-0.1, -0.05) is 18.2 Å². The quantitative estimate of drug-likeness (QED) is 0.488. The minimum absolute atomic E-state index is 0.280. The van der Waals surface area contributed by atoms with E-state index in [4.69, 9.17) is 20.3 Å². The lowest BCUT2D eigenvalue weighted by Gasteiger charge is -2.09. The van der Waals surface area contributed by atoms with Gasteiger partial charge in [-0.25, -0.2) is 4.79 Å². The number of rotatable bonds is 7. The maximum atomic E-state index is 12.1. The van der Waals surface area contributed by atoms with Crippen molar-refractivity contribution in [2.75, 3.05) is 13.7 Å². The van der Waals surface area contributed by atoms with Crippen LogP contribution in [0.3, 0.4) is 0 Å². The first-order chi connectivity index (χ1) is 14.5. The van der Waals surface area contributed by atoms with Gasteiger partial charge in [-0.05, 0) is 29.8 Å². The molecule has 0 bridgehead atoms. The monoisotopic (exact) mass is 405 g/mol. The second-order valence-corrected chi connectivity index (χ2v) is 6.71. The van der Waals surface area contributed by atoms with Crippen LogP contribution >= 0.6 is 0 Å². The van der Waals surface area contributed by atoms with Gasteiger partial charge in [0.15, 0.2) is 6.61 Å². The SMILES string of the molecule is COc1ccc(Cn2c3cncc(OCC(=O)O)c3c3c(C(N)=O)cccc32)cc1. The Morgan fingerprint density at radius 3 is 2.50 bits per heavy atom. The number of carbonyl (C=O) groups excluding carboxylic acids is 1. The number of aromatic nitrogens is 2. The first kappa shape index (κ1) is 19.3. The van der Waals surface area contributed by atoms with Crippen molar-refractivity contribution >= 4 is 33.7 Å². The Morgan fingerprint density at radius 2 is 1.83 bits per heavy atom. The number of fused-ring (bicyclic) bond motifs is 3. The molecule has 0 saturated heterocycles. The van der Waals surface area contributed by atoms with Crippen molar-refractivity contribution < 1.29 is 24.2 Å². The number of methoxy groups -OCH3 is 1. The summed E-state index contributed by atoms with van der Waals surface area (Å²) in [7, 11) is 1.61. The van der Waals surface area contributed by atoms with Crippen molar-refractivity contribution in [2.24, 2.45) is 5.73 Å². The van der Waals surface area contributed by atoms with Crippen LogP contribution < -0.4 is 15.2 Å². The van der Waals surface area contributed by atoms with Crippen LogP contribution in [-0.2, 0) is 11.3 Å². The van der Waals surface area contributed by atoms with Crippen molar-refractivity contribution in [3.05, 3.63) is 66.0 Å². The molecule has 30 heavy (non-hydrogen) atoms. The molecule has 152 valence electrons. The zero-order valence-electron chi connectivity index (χ0n) is 16.2. The Morgan fingerprint density at radius 1 is 1.07 bits per heavy atom. The number of nitrogens with two attached hydrogens (primary N) is 1. The normalized spacial score (nSPS) is 11.0. The fourth-order valence-electron chi connectivity index (χ4n) is 3.58. The molecule has 4 aromatic rings. The molecular weight excluding hydrogens is 386 g/mol. The lowest BCUT2D eigenvalue weighted by Crippen LogP contribution is -2.11. The van der Waals surface area contributed by atoms with Gasteiger partial charge in [0.1, 0.15) is 11.5 Å². The molecule has 1 amide bonds. The smallest absolute Gasteiger partial charge is 0.341 e. The highest BCUT2D eigenvalue weighted by Crippen LogP contribution is 2.37. The number of carboxylic acids is 1. The van der Waals surface area contributed by atoms with Gasteiger partial charge in [0.25, 0.3) is 0 Å². The molecule has 8 heteroatoms. The topological polar surface area (TPSA) is 117 Å². The van der Waals surface area contributed by atoms with Crippen molar-refractivity contribution in [1.82, 2.24) is 9.55 Å². The summed E-state index contributed by atoms with van der Waals surface area (Å²) in [5.74, 6) is -0.653. The molecule has 0 spiro atoms. The van der Waals surface area contributed by atoms with Crippen LogP contribution in [0.5, 0.6) is 11.5 Å². The number of carbonyl (C=O) groups is 2. The first-order valence-electron chi connectivity index (χ1n) is 9.16. The molecule has 2 heterocycles. The number of carboxylic acid groups (broad SMARTS) is 1. The first-order valence-corrected chi connectivity index (χ1v) is 9.16. The summed E-state index contributed by atoms with van der Waals surface area (Å²) in [6, 6.07) is 12.9. The third kappa shape index (κ3) is 3.39. The molecule has 8 nitrogen and oxygen atoms in total. The van der Waals surface area contributed by atoms with Gasteiger partial charge in [-0.3, -0.25) is 9.78 Å². The number of benzene rings is 2. The molecule has 0 fully saturated rings. The molecule has 3 N–H and O–H groups in total. The van der Waals surface area contributed by atoms with Gasteiger partial charge in [0, 0.05) is 17.5 Å². The summed E-state index contributed by atoms with van der Waals surface area (Å²) < 4.78 is 12.7. The standard InChI is InChI=1S/C22H19N3O5/c1-29-14-7-5-13(6-8-14)11-25-16-4-2-3-15(22(23)28)20(16)21-17(25)9-24-10-18(21)30-12-19(26)27/h2-10H,11-12H2,1H3,(H2,23,28)(H,26,27). The Balaban J connectivity index is 1.96. The third-order valence-electron chi connectivity index (χ3n) is 4.88. The highest BCUT2D eigenvalue weighted by Gasteiger charge is 2.20. The lowest BCUT2D eigenvalue weighted by atomic mass is 10.1. The molecule has 0 radical (unpaired) electrons. The number of hydrogen-bond donors (Lipinski definition) is 2.